The van der Waals surface area contributed by atoms with Gasteiger partial charge in [0.1, 0.15) is 5.82 Å². The monoisotopic (exact) mass is 268 g/mol. The molecule has 3 N–H and O–H groups in total. The number of halogens is 1. The van der Waals surface area contributed by atoms with Crippen LogP contribution in [-0.2, 0) is 4.79 Å². The number of hydrogen-bond donors (Lipinski definition) is 3. The molecule has 1 aromatic rings. The second-order valence-electron chi connectivity index (χ2n) is 4.46. The van der Waals surface area contributed by atoms with E-state index in [-0.39, 0.29) is 18.0 Å². The first kappa shape index (κ1) is 15.6. The molecule has 2 atom stereocenters. The van der Waals surface area contributed by atoms with Gasteiger partial charge in [0.15, 0.2) is 0 Å². The van der Waals surface area contributed by atoms with Gasteiger partial charge in [-0.05, 0) is 19.4 Å². The Bertz CT molecular complexity index is 412. The molecule has 5 heteroatoms. The van der Waals surface area contributed by atoms with Gasteiger partial charge in [0.05, 0.1) is 12.1 Å². The van der Waals surface area contributed by atoms with Crippen molar-refractivity contribution >= 4 is 5.91 Å². The van der Waals surface area contributed by atoms with Crippen molar-refractivity contribution in [2.75, 3.05) is 13.1 Å². The summed E-state index contributed by atoms with van der Waals surface area (Å²) in [6.07, 6.45) is -0.0985. The number of aliphatic hydroxyl groups excluding tert-OH is 1. The van der Waals surface area contributed by atoms with Gasteiger partial charge in [-0.15, -0.1) is 0 Å². The Hall–Kier alpha value is -1.46. The number of aliphatic hydroxyl groups is 1. The van der Waals surface area contributed by atoms with Gasteiger partial charge in [-0.1, -0.05) is 25.1 Å². The number of nitrogens with one attached hydrogen (secondary N) is 2. The smallest absolute Gasteiger partial charge is 0.236 e. The first-order valence-corrected chi connectivity index (χ1v) is 6.49. The number of benzene rings is 1. The molecule has 0 bridgehead atoms. The van der Waals surface area contributed by atoms with Gasteiger partial charge >= 0.3 is 0 Å². The summed E-state index contributed by atoms with van der Waals surface area (Å²) in [6, 6.07) is 5.64. The average molecular weight is 268 g/mol. The lowest BCUT2D eigenvalue weighted by Gasteiger charge is -2.17. The Kier molecular flexibility index (Phi) is 6.45. The highest BCUT2D eigenvalue weighted by Crippen LogP contribution is 2.15. The first-order valence-electron chi connectivity index (χ1n) is 6.49. The molecule has 0 aliphatic carbocycles. The molecule has 4 nitrogen and oxygen atoms in total. The van der Waals surface area contributed by atoms with Crippen LogP contribution in [0.2, 0.25) is 0 Å². The van der Waals surface area contributed by atoms with Crippen LogP contribution < -0.4 is 10.6 Å². The van der Waals surface area contributed by atoms with E-state index in [9.17, 15) is 14.3 Å². The summed E-state index contributed by atoms with van der Waals surface area (Å²) in [7, 11) is 0. The van der Waals surface area contributed by atoms with Crippen LogP contribution in [0.4, 0.5) is 4.39 Å². The molecule has 0 saturated carbocycles. The number of carbonyl (C=O) groups excluding carboxylic acids is 1. The van der Waals surface area contributed by atoms with E-state index in [4.69, 9.17) is 0 Å². The number of rotatable bonds is 7. The molecular formula is C14H21FN2O2. The normalized spacial score (nSPS) is 13.9. The SMILES string of the molecule is CCCNC(=O)C(C)NCC(O)c1ccccc1F. The molecule has 0 radical (unpaired) electrons. The van der Waals surface area contributed by atoms with Gasteiger partial charge in [0.25, 0.3) is 0 Å². The molecule has 0 heterocycles. The molecule has 0 aliphatic heterocycles. The van der Waals surface area contributed by atoms with Gasteiger partial charge in [-0.25, -0.2) is 4.39 Å². The Morgan fingerprint density at radius 3 is 2.74 bits per heavy atom. The molecule has 0 fully saturated rings. The summed E-state index contributed by atoms with van der Waals surface area (Å²) < 4.78 is 13.4. The predicted molar refractivity (Wildman–Crippen MR) is 72.1 cm³/mol. The lowest BCUT2D eigenvalue weighted by atomic mass is 10.1. The topological polar surface area (TPSA) is 61.4 Å². The van der Waals surface area contributed by atoms with Crippen LogP contribution in [0, 0.1) is 5.82 Å². The molecule has 1 amide bonds. The summed E-state index contributed by atoms with van der Waals surface area (Å²) in [5.74, 6) is -0.567. The summed E-state index contributed by atoms with van der Waals surface area (Å²) in [5, 5.41) is 15.5. The van der Waals surface area contributed by atoms with E-state index < -0.39 is 18.0 Å². The van der Waals surface area contributed by atoms with Crippen molar-refractivity contribution in [3.05, 3.63) is 35.6 Å². The van der Waals surface area contributed by atoms with Crippen LogP contribution in [0.1, 0.15) is 31.9 Å². The maximum absolute atomic E-state index is 13.4. The van der Waals surface area contributed by atoms with Crippen molar-refractivity contribution in [1.82, 2.24) is 10.6 Å². The maximum atomic E-state index is 13.4. The second-order valence-corrected chi connectivity index (χ2v) is 4.46. The molecule has 2 unspecified atom stereocenters. The second kappa shape index (κ2) is 7.86. The Morgan fingerprint density at radius 2 is 2.11 bits per heavy atom. The van der Waals surface area contributed by atoms with Crippen molar-refractivity contribution in [3.63, 3.8) is 0 Å². The van der Waals surface area contributed by atoms with Crippen molar-refractivity contribution in [3.8, 4) is 0 Å². The zero-order valence-corrected chi connectivity index (χ0v) is 11.3. The Balaban J connectivity index is 2.44. The fourth-order valence-corrected chi connectivity index (χ4v) is 1.64. The van der Waals surface area contributed by atoms with Crippen molar-refractivity contribution in [2.45, 2.75) is 32.4 Å². The number of hydrogen-bond acceptors (Lipinski definition) is 3. The number of carbonyl (C=O) groups is 1. The van der Waals surface area contributed by atoms with E-state index >= 15 is 0 Å². The molecule has 1 rings (SSSR count). The molecular weight excluding hydrogens is 247 g/mol. The highest BCUT2D eigenvalue weighted by Gasteiger charge is 2.16. The molecule has 106 valence electrons. The maximum Gasteiger partial charge on any atom is 0.236 e. The zero-order chi connectivity index (χ0) is 14.3. The summed E-state index contributed by atoms with van der Waals surface area (Å²) in [6.45, 7) is 4.43. The molecule has 0 saturated heterocycles. The predicted octanol–water partition coefficient (Wildman–Crippen LogP) is 1.36. The van der Waals surface area contributed by atoms with Crippen LogP contribution in [0.25, 0.3) is 0 Å². The van der Waals surface area contributed by atoms with Gasteiger partial charge in [-0.3, -0.25) is 4.79 Å². The van der Waals surface area contributed by atoms with E-state index in [0.29, 0.717) is 6.54 Å². The van der Waals surface area contributed by atoms with E-state index in [1.54, 1.807) is 19.1 Å². The van der Waals surface area contributed by atoms with Crippen molar-refractivity contribution in [1.29, 1.82) is 0 Å². The van der Waals surface area contributed by atoms with Crippen LogP contribution in [-0.4, -0.2) is 30.1 Å². The highest BCUT2D eigenvalue weighted by atomic mass is 19.1. The summed E-state index contributed by atoms with van der Waals surface area (Å²) in [4.78, 5) is 11.6. The van der Waals surface area contributed by atoms with E-state index in [0.717, 1.165) is 6.42 Å². The average Bonchev–Trinajstić information content (AvgIpc) is 2.42. The van der Waals surface area contributed by atoms with Crippen LogP contribution in [0.5, 0.6) is 0 Å². The lowest BCUT2D eigenvalue weighted by molar-refractivity contribution is -0.122. The van der Waals surface area contributed by atoms with E-state index in [1.807, 2.05) is 6.92 Å². The third-order valence-electron chi connectivity index (χ3n) is 2.82. The Morgan fingerprint density at radius 1 is 1.42 bits per heavy atom. The zero-order valence-electron chi connectivity index (χ0n) is 11.3. The third-order valence-corrected chi connectivity index (χ3v) is 2.82. The lowest BCUT2D eigenvalue weighted by Crippen LogP contribution is -2.43. The molecule has 0 aliphatic rings. The summed E-state index contributed by atoms with van der Waals surface area (Å²) in [5.41, 5.74) is 0.233. The minimum Gasteiger partial charge on any atom is -0.387 e. The van der Waals surface area contributed by atoms with Crippen LogP contribution in [0.15, 0.2) is 24.3 Å². The summed E-state index contributed by atoms with van der Waals surface area (Å²) >= 11 is 0. The van der Waals surface area contributed by atoms with Crippen molar-refractivity contribution < 1.29 is 14.3 Å². The standard InChI is InChI=1S/C14H21FN2O2/c1-3-8-16-14(19)10(2)17-9-13(18)11-6-4-5-7-12(11)15/h4-7,10,13,17-18H,3,8-9H2,1-2H3,(H,16,19). The van der Waals surface area contributed by atoms with Crippen LogP contribution in [0.3, 0.4) is 0 Å². The van der Waals surface area contributed by atoms with Gasteiger partial charge in [0, 0.05) is 18.7 Å². The largest absolute Gasteiger partial charge is 0.387 e. The molecule has 0 aromatic heterocycles. The van der Waals surface area contributed by atoms with Crippen LogP contribution >= 0.6 is 0 Å². The van der Waals surface area contributed by atoms with E-state index in [2.05, 4.69) is 10.6 Å². The minimum absolute atomic E-state index is 0.123. The van der Waals surface area contributed by atoms with Crippen molar-refractivity contribution in [2.24, 2.45) is 0 Å². The minimum atomic E-state index is -0.970. The molecule has 0 spiro atoms. The van der Waals surface area contributed by atoms with Gasteiger partial charge in [-0.2, -0.15) is 0 Å². The molecule has 19 heavy (non-hydrogen) atoms. The highest BCUT2D eigenvalue weighted by molar-refractivity contribution is 5.81. The molecule has 1 aromatic carbocycles. The van der Waals surface area contributed by atoms with Gasteiger partial charge < -0.3 is 15.7 Å². The fourth-order valence-electron chi connectivity index (χ4n) is 1.64. The third kappa shape index (κ3) is 4.96. The van der Waals surface area contributed by atoms with Gasteiger partial charge in [0.2, 0.25) is 5.91 Å². The first-order chi connectivity index (χ1) is 9.06. The number of amides is 1. The van der Waals surface area contributed by atoms with E-state index in [1.165, 1.54) is 12.1 Å². The fraction of sp³-hybridized carbons (Fsp3) is 0.500. The quantitative estimate of drug-likeness (QED) is 0.700. The Labute approximate surface area is 113 Å².